The van der Waals surface area contributed by atoms with Crippen molar-refractivity contribution in [2.75, 3.05) is 0 Å². The van der Waals surface area contributed by atoms with Crippen LogP contribution in [0, 0.1) is 6.92 Å². The first kappa shape index (κ1) is 18.7. The van der Waals surface area contributed by atoms with Crippen molar-refractivity contribution < 1.29 is 0 Å². The van der Waals surface area contributed by atoms with E-state index in [1.54, 1.807) is 7.05 Å². The normalized spacial score (nSPS) is 12.9. The number of hydrogen-bond acceptors (Lipinski definition) is 3. The Morgan fingerprint density at radius 1 is 1.18 bits per heavy atom. The molecular weight excluding hydrogens is 422 g/mol. The highest BCUT2D eigenvalue weighted by atomic mass is 79.9. The average Bonchev–Trinajstić information content (AvgIpc) is 3.19. The number of rotatable bonds is 4. The number of halogens is 1. The molecule has 7 nitrogen and oxygen atoms in total. The van der Waals surface area contributed by atoms with E-state index in [-0.39, 0.29) is 23.8 Å². The molecule has 8 heteroatoms. The summed E-state index contributed by atoms with van der Waals surface area (Å²) in [4.78, 5) is 30.8. The molecule has 0 fully saturated rings. The largest absolute Gasteiger partial charge is 0.332 e. The highest BCUT2D eigenvalue weighted by Crippen LogP contribution is 2.22. The average molecular weight is 444 g/mol. The number of nitrogens with zero attached hydrogens (tertiary/aromatic N) is 5. The van der Waals surface area contributed by atoms with E-state index < -0.39 is 0 Å². The van der Waals surface area contributed by atoms with Gasteiger partial charge in [0.15, 0.2) is 11.2 Å². The number of benzene rings is 1. The molecule has 4 aromatic rings. The van der Waals surface area contributed by atoms with Crippen molar-refractivity contribution in [3.8, 4) is 0 Å². The molecular formula is C20H22BrN5O2. The molecule has 0 unspecified atom stereocenters. The maximum atomic E-state index is 13.3. The van der Waals surface area contributed by atoms with Crippen LogP contribution in [0.3, 0.4) is 0 Å². The van der Waals surface area contributed by atoms with Crippen molar-refractivity contribution in [2.45, 2.75) is 39.8 Å². The van der Waals surface area contributed by atoms with Gasteiger partial charge >= 0.3 is 5.69 Å². The minimum atomic E-state index is -0.368. The Morgan fingerprint density at radius 3 is 2.50 bits per heavy atom. The van der Waals surface area contributed by atoms with Gasteiger partial charge < -0.3 is 4.57 Å². The van der Waals surface area contributed by atoms with Crippen LogP contribution in [-0.2, 0) is 13.6 Å². The summed E-state index contributed by atoms with van der Waals surface area (Å²) in [5.41, 5.74) is 2.07. The zero-order valence-electron chi connectivity index (χ0n) is 16.3. The molecule has 0 spiro atoms. The number of fused-ring (bicyclic) bond motifs is 3. The Labute approximate surface area is 170 Å². The van der Waals surface area contributed by atoms with Crippen LogP contribution in [0.2, 0.25) is 0 Å². The predicted molar refractivity (Wildman–Crippen MR) is 113 cm³/mol. The summed E-state index contributed by atoms with van der Waals surface area (Å²) in [7, 11) is 1.66. The van der Waals surface area contributed by atoms with Gasteiger partial charge in [0.1, 0.15) is 0 Å². The molecule has 3 heterocycles. The third kappa shape index (κ3) is 2.74. The summed E-state index contributed by atoms with van der Waals surface area (Å²) in [6.07, 6.45) is 2.87. The van der Waals surface area contributed by atoms with Crippen LogP contribution in [0.5, 0.6) is 0 Å². The SMILES string of the molecule is CC[C@@H](C)n1c(C)cn2c3c(=O)n(Cc4ccc(Br)cc4)c(=O)n(C)c3nc12. The molecule has 0 aliphatic heterocycles. The van der Waals surface area contributed by atoms with E-state index in [4.69, 9.17) is 0 Å². The molecule has 4 rings (SSSR count). The summed E-state index contributed by atoms with van der Waals surface area (Å²) in [5, 5.41) is 0. The van der Waals surface area contributed by atoms with Crippen LogP contribution in [0.25, 0.3) is 16.9 Å². The van der Waals surface area contributed by atoms with Gasteiger partial charge in [-0.15, -0.1) is 0 Å². The minimum absolute atomic E-state index is 0.215. The van der Waals surface area contributed by atoms with E-state index in [0.29, 0.717) is 16.9 Å². The van der Waals surface area contributed by atoms with Gasteiger partial charge in [0.25, 0.3) is 5.56 Å². The number of hydrogen-bond donors (Lipinski definition) is 0. The molecule has 0 N–H and O–H groups in total. The standard InChI is InChI=1S/C20H22BrN5O2/c1-5-12(2)26-13(3)10-24-16-17(22-19(24)26)23(4)20(28)25(18(16)27)11-14-6-8-15(21)9-7-14/h6-10,12H,5,11H2,1-4H3/t12-/m1/s1. The molecule has 0 aliphatic carbocycles. The first-order valence-electron chi connectivity index (χ1n) is 9.27. The Kier molecular flexibility index (Phi) is 4.53. The van der Waals surface area contributed by atoms with Gasteiger partial charge in [0, 0.05) is 29.5 Å². The molecule has 0 bridgehead atoms. The molecule has 146 valence electrons. The van der Waals surface area contributed by atoms with Crippen molar-refractivity contribution in [1.29, 1.82) is 0 Å². The highest BCUT2D eigenvalue weighted by Gasteiger charge is 2.21. The molecule has 3 aromatic heterocycles. The number of aromatic nitrogens is 5. The van der Waals surface area contributed by atoms with Crippen molar-refractivity contribution in [3.63, 3.8) is 0 Å². The monoisotopic (exact) mass is 443 g/mol. The fraction of sp³-hybridized carbons (Fsp3) is 0.350. The van der Waals surface area contributed by atoms with E-state index in [0.717, 1.165) is 22.2 Å². The summed E-state index contributed by atoms with van der Waals surface area (Å²) in [5.74, 6) is 0.690. The van der Waals surface area contributed by atoms with Gasteiger partial charge in [-0.05, 0) is 38.0 Å². The fourth-order valence-electron chi connectivity index (χ4n) is 3.67. The van der Waals surface area contributed by atoms with Crippen LogP contribution in [-0.4, -0.2) is 23.1 Å². The fourth-order valence-corrected chi connectivity index (χ4v) is 3.93. The number of aryl methyl sites for hydroxylation is 2. The lowest BCUT2D eigenvalue weighted by atomic mass is 10.2. The van der Waals surface area contributed by atoms with Gasteiger partial charge in [-0.3, -0.25) is 18.3 Å². The molecule has 0 saturated carbocycles. The second kappa shape index (κ2) is 6.77. The smallest absolute Gasteiger partial charge is 0.311 e. The first-order valence-corrected chi connectivity index (χ1v) is 10.1. The number of imidazole rings is 2. The lowest BCUT2D eigenvalue weighted by Gasteiger charge is -2.12. The minimum Gasteiger partial charge on any atom is -0.311 e. The second-order valence-corrected chi connectivity index (χ2v) is 8.13. The summed E-state index contributed by atoms with van der Waals surface area (Å²) in [6, 6.07) is 7.84. The zero-order valence-corrected chi connectivity index (χ0v) is 17.9. The quantitative estimate of drug-likeness (QED) is 0.486. The maximum Gasteiger partial charge on any atom is 0.332 e. The van der Waals surface area contributed by atoms with Crippen LogP contribution in [0.15, 0.2) is 44.5 Å². The maximum absolute atomic E-state index is 13.3. The van der Waals surface area contributed by atoms with Crippen molar-refractivity contribution >= 4 is 32.9 Å². The highest BCUT2D eigenvalue weighted by molar-refractivity contribution is 9.10. The van der Waals surface area contributed by atoms with Crippen LogP contribution in [0.4, 0.5) is 0 Å². The Bertz CT molecular complexity index is 1310. The first-order chi connectivity index (χ1) is 13.3. The Morgan fingerprint density at radius 2 is 1.86 bits per heavy atom. The molecule has 1 aromatic carbocycles. The van der Waals surface area contributed by atoms with E-state index in [1.807, 2.05) is 41.8 Å². The van der Waals surface area contributed by atoms with Gasteiger partial charge in [-0.1, -0.05) is 35.0 Å². The van der Waals surface area contributed by atoms with Crippen LogP contribution < -0.4 is 11.2 Å². The third-order valence-electron chi connectivity index (χ3n) is 5.35. The van der Waals surface area contributed by atoms with Gasteiger partial charge in [0.2, 0.25) is 5.78 Å². The topological polar surface area (TPSA) is 66.2 Å². The molecule has 0 saturated heterocycles. The van der Waals surface area contributed by atoms with Crippen molar-refractivity contribution in [2.24, 2.45) is 7.05 Å². The lowest BCUT2D eigenvalue weighted by Crippen LogP contribution is -2.39. The van der Waals surface area contributed by atoms with E-state index in [2.05, 4.69) is 39.3 Å². The molecule has 0 radical (unpaired) electrons. The van der Waals surface area contributed by atoms with Crippen molar-refractivity contribution in [3.05, 3.63) is 67.0 Å². The predicted octanol–water partition coefficient (Wildman–Crippen LogP) is 3.24. The summed E-state index contributed by atoms with van der Waals surface area (Å²) < 4.78 is 7.61. The molecule has 1 atom stereocenters. The second-order valence-electron chi connectivity index (χ2n) is 7.21. The summed E-state index contributed by atoms with van der Waals surface area (Å²) >= 11 is 3.40. The van der Waals surface area contributed by atoms with E-state index in [1.165, 1.54) is 9.13 Å². The van der Waals surface area contributed by atoms with Crippen LogP contribution in [0.1, 0.15) is 37.6 Å². The van der Waals surface area contributed by atoms with Crippen LogP contribution >= 0.6 is 15.9 Å². The Hall–Kier alpha value is -2.61. The van der Waals surface area contributed by atoms with Gasteiger partial charge in [-0.25, -0.2) is 4.79 Å². The zero-order chi connectivity index (χ0) is 20.2. The Balaban J connectivity index is 2.00. The molecule has 28 heavy (non-hydrogen) atoms. The molecule has 0 aliphatic rings. The third-order valence-corrected chi connectivity index (χ3v) is 5.88. The summed E-state index contributed by atoms with van der Waals surface area (Å²) in [6.45, 7) is 6.46. The lowest BCUT2D eigenvalue weighted by molar-refractivity contribution is 0.532. The van der Waals surface area contributed by atoms with E-state index in [9.17, 15) is 9.59 Å². The van der Waals surface area contributed by atoms with E-state index >= 15 is 0 Å². The van der Waals surface area contributed by atoms with Crippen molar-refractivity contribution in [1.82, 2.24) is 23.1 Å². The molecule has 0 amide bonds. The van der Waals surface area contributed by atoms with Gasteiger partial charge in [-0.2, -0.15) is 4.98 Å². The van der Waals surface area contributed by atoms with Gasteiger partial charge in [0.05, 0.1) is 6.54 Å².